The zero-order chi connectivity index (χ0) is 11.2. The van der Waals surface area contributed by atoms with Gasteiger partial charge >= 0.3 is 0 Å². The smallest absolute Gasteiger partial charge is 0.150 e. The van der Waals surface area contributed by atoms with E-state index in [-0.39, 0.29) is 18.1 Å². The molecule has 86 valence electrons. The summed E-state index contributed by atoms with van der Waals surface area (Å²) in [7, 11) is -2.91. The van der Waals surface area contributed by atoms with Crippen LogP contribution < -0.4 is 5.73 Å². The first-order valence-corrected chi connectivity index (χ1v) is 6.84. The molecule has 0 radical (unpaired) electrons. The van der Waals surface area contributed by atoms with Gasteiger partial charge in [-0.05, 0) is 19.3 Å². The van der Waals surface area contributed by atoms with Crippen LogP contribution in [0.15, 0.2) is 0 Å². The lowest BCUT2D eigenvalue weighted by atomic mass is 9.95. The first kappa shape index (κ1) is 13.9. The Balaban J connectivity index is 3.96. The Kier molecular flexibility index (Phi) is 5.63. The molecule has 0 aromatic rings. The van der Waals surface area contributed by atoms with Crippen LogP contribution in [0.2, 0.25) is 0 Å². The topological polar surface area (TPSA) is 80.4 Å². The van der Waals surface area contributed by atoms with Crippen molar-refractivity contribution in [2.24, 2.45) is 5.73 Å². The maximum Gasteiger partial charge on any atom is 0.150 e. The fourth-order valence-electron chi connectivity index (χ4n) is 1.19. The molecular formula is C9H21NO3S. The van der Waals surface area contributed by atoms with Gasteiger partial charge in [0, 0.05) is 12.3 Å². The number of rotatable bonds is 7. The first-order valence-electron chi connectivity index (χ1n) is 5.02. The van der Waals surface area contributed by atoms with Gasteiger partial charge in [-0.1, -0.05) is 13.8 Å². The molecule has 0 aliphatic heterocycles. The van der Waals surface area contributed by atoms with E-state index in [0.717, 1.165) is 0 Å². The van der Waals surface area contributed by atoms with Crippen molar-refractivity contribution in [1.29, 1.82) is 0 Å². The maximum atomic E-state index is 11.1. The minimum absolute atomic E-state index is 0.145. The molecule has 0 saturated carbocycles. The molecule has 0 bridgehead atoms. The van der Waals surface area contributed by atoms with Crippen LogP contribution in [0, 0.1) is 0 Å². The molecule has 0 aromatic carbocycles. The van der Waals surface area contributed by atoms with Crippen molar-refractivity contribution < 1.29 is 13.5 Å². The van der Waals surface area contributed by atoms with Crippen molar-refractivity contribution in [3.63, 3.8) is 0 Å². The summed E-state index contributed by atoms with van der Waals surface area (Å²) in [6.45, 7) is 3.67. The van der Waals surface area contributed by atoms with Crippen LogP contribution >= 0.6 is 0 Å². The monoisotopic (exact) mass is 223 g/mol. The number of hydrogen-bond donors (Lipinski definition) is 2. The van der Waals surface area contributed by atoms with Gasteiger partial charge in [-0.25, -0.2) is 8.42 Å². The summed E-state index contributed by atoms with van der Waals surface area (Å²) in [6.07, 6.45) is 1.51. The van der Waals surface area contributed by atoms with Crippen LogP contribution in [0.5, 0.6) is 0 Å². The minimum atomic E-state index is -2.91. The second-order valence-corrected chi connectivity index (χ2v) is 6.09. The van der Waals surface area contributed by atoms with E-state index in [1.54, 1.807) is 6.92 Å². The highest BCUT2D eigenvalue weighted by atomic mass is 32.2. The Morgan fingerprint density at radius 2 is 1.93 bits per heavy atom. The largest absolute Gasteiger partial charge is 0.389 e. The highest BCUT2D eigenvalue weighted by molar-refractivity contribution is 7.91. The molecule has 3 N–H and O–H groups in total. The minimum Gasteiger partial charge on any atom is -0.389 e. The molecule has 0 spiro atoms. The third-order valence-corrected chi connectivity index (χ3v) is 4.37. The second kappa shape index (κ2) is 5.68. The highest BCUT2D eigenvalue weighted by Crippen LogP contribution is 2.16. The van der Waals surface area contributed by atoms with Gasteiger partial charge in [-0.2, -0.15) is 0 Å². The Bertz CT molecular complexity index is 245. The predicted octanol–water partition coefficient (Wildman–Crippen LogP) is 0.301. The van der Waals surface area contributed by atoms with Crippen LogP contribution in [-0.2, 0) is 9.84 Å². The lowest BCUT2D eigenvalue weighted by molar-refractivity contribution is 0.0359. The molecular weight excluding hydrogens is 202 g/mol. The van der Waals surface area contributed by atoms with Crippen LogP contribution in [0.4, 0.5) is 0 Å². The van der Waals surface area contributed by atoms with Gasteiger partial charge in [-0.3, -0.25) is 0 Å². The van der Waals surface area contributed by atoms with E-state index in [4.69, 9.17) is 5.73 Å². The summed E-state index contributed by atoms with van der Waals surface area (Å²) in [4.78, 5) is 0. The lowest BCUT2D eigenvalue weighted by Gasteiger charge is -2.24. The standard InChI is InChI=1S/C9H21NO3S/c1-3-9(11,8-10)6-5-7-14(12,13)4-2/h11H,3-8,10H2,1-2H3. The molecule has 14 heavy (non-hydrogen) atoms. The molecule has 4 nitrogen and oxygen atoms in total. The van der Waals surface area contributed by atoms with E-state index in [0.29, 0.717) is 19.3 Å². The molecule has 0 fully saturated rings. The van der Waals surface area contributed by atoms with E-state index in [9.17, 15) is 13.5 Å². The van der Waals surface area contributed by atoms with Crippen molar-refractivity contribution in [3.05, 3.63) is 0 Å². The SMILES string of the molecule is CCC(O)(CN)CCCS(=O)(=O)CC. The highest BCUT2D eigenvalue weighted by Gasteiger charge is 2.22. The van der Waals surface area contributed by atoms with Crippen LogP contribution in [0.3, 0.4) is 0 Å². The Morgan fingerprint density at radius 1 is 1.36 bits per heavy atom. The van der Waals surface area contributed by atoms with Gasteiger partial charge in [0.1, 0.15) is 9.84 Å². The molecule has 1 atom stereocenters. The Labute approximate surface area is 86.4 Å². The Hall–Kier alpha value is -0.130. The van der Waals surface area contributed by atoms with Gasteiger partial charge < -0.3 is 10.8 Å². The van der Waals surface area contributed by atoms with Crippen molar-refractivity contribution in [2.45, 2.75) is 38.7 Å². The van der Waals surface area contributed by atoms with Crippen LogP contribution in [0.1, 0.15) is 33.1 Å². The summed E-state index contributed by atoms with van der Waals surface area (Å²) < 4.78 is 22.3. The zero-order valence-corrected chi connectivity index (χ0v) is 9.81. The van der Waals surface area contributed by atoms with Crippen molar-refractivity contribution in [1.82, 2.24) is 0 Å². The normalized spacial score (nSPS) is 16.6. The van der Waals surface area contributed by atoms with Gasteiger partial charge in [0.2, 0.25) is 0 Å². The van der Waals surface area contributed by atoms with Gasteiger partial charge in [-0.15, -0.1) is 0 Å². The summed E-state index contributed by atoms with van der Waals surface area (Å²) in [5.74, 6) is 0.311. The molecule has 0 aliphatic rings. The first-order chi connectivity index (χ1) is 6.39. The molecule has 0 aliphatic carbocycles. The van der Waals surface area contributed by atoms with Gasteiger partial charge in [0.15, 0.2) is 0 Å². The molecule has 0 rings (SSSR count). The molecule has 0 amide bonds. The zero-order valence-electron chi connectivity index (χ0n) is 8.99. The van der Waals surface area contributed by atoms with E-state index >= 15 is 0 Å². The van der Waals surface area contributed by atoms with Crippen molar-refractivity contribution in [2.75, 3.05) is 18.1 Å². The average Bonchev–Trinajstić information content (AvgIpc) is 2.17. The lowest BCUT2D eigenvalue weighted by Crippen LogP contribution is -2.37. The van der Waals surface area contributed by atoms with Gasteiger partial charge in [0.05, 0.1) is 11.4 Å². The third kappa shape index (κ3) is 4.93. The van der Waals surface area contributed by atoms with Crippen molar-refractivity contribution in [3.8, 4) is 0 Å². The van der Waals surface area contributed by atoms with Gasteiger partial charge in [0.25, 0.3) is 0 Å². The molecule has 0 saturated heterocycles. The van der Waals surface area contributed by atoms with Crippen molar-refractivity contribution >= 4 is 9.84 Å². The summed E-state index contributed by atoms with van der Waals surface area (Å²) in [6, 6.07) is 0. The predicted molar refractivity (Wildman–Crippen MR) is 57.9 cm³/mol. The molecule has 1 unspecified atom stereocenters. The fraction of sp³-hybridized carbons (Fsp3) is 1.00. The number of hydrogen-bond acceptors (Lipinski definition) is 4. The van der Waals surface area contributed by atoms with E-state index < -0.39 is 15.4 Å². The number of aliphatic hydroxyl groups is 1. The van der Waals surface area contributed by atoms with E-state index in [1.807, 2.05) is 6.92 Å². The van der Waals surface area contributed by atoms with Crippen LogP contribution in [-0.4, -0.2) is 37.2 Å². The molecule has 5 heteroatoms. The second-order valence-electron chi connectivity index (χ2n) is 3.62. The summed E-state index contributed by atoms with van der Waals surface area (Å²) >= 11 is 0. The third-order valence-electron chi connectivity index (χ3n) is 2.58. The summed E-state index contributed by atoms with van der Waals surface area (Å²) in [5.41, 5.74) is 4.51. The quantitative estimate of drug-likeness (QED) is 0.650. The number of sulfone groups is 1. The Morgan fingerprint density at radius 3 is 2.29 bits per heavy atom. The average molecular weight is 223 g/mol. The summed E-state index contributed by atoms with van der Waals surface area (Å²) in [5, 5.41) is 9.78. The number of nitrogens with two attached hydrogens (primary N) is 1. The van der Waals surface area contributed by atoms with E-state index in [1.165, 1.54) is 0 Å². The maximum absolute atomic E-state index is 11.1. The van der Waals surface area contributed by atoms with E-state index in [2.05, 4.69) is 0 Å². The van der Waals surface area contributed by atoms with Crippen LogP contribution in [0.25, 0.3) is 0 Å². The molecule has 0 aromatic heterocycles. The fourth-order valence-corrected chi connectivity index (χ4v) is 2.06. The molecule has 0 heterocycles.